The van der Waals surface area contributed by atoms with Crippen molar-refractivity contribution in [3.8, 4) is 0 Å². The van der Waals surface area contributed by atoms with Crippen LogP contribution in [0.25, 0.3) is 0 Å². The minimum Gasteiger partial charge on any atom is -0.456 e. The van der Waals surface area contributed by atoms with Gasteiger partial charge in [0.25, 0.3) is 7.41 Å². The summed E-state index contributed by atoms with van der Waals surface area (Å²) >= 11 is 0. The van der Waals surface area contributed by atoms with Gasteiger partial charge in [-0.15, -0.1) is 0 Å². The smallest absolute Gasteiger partial charge is 0.337 e. The molecule has 1 aromatic carbocycles. The number of ketones is 1. The number of methoxy groups -OCH3 is 1. The number of fused-ring (bicyclic) bond motifs is 5. The van der Waals surface area contributed by atoms with E-state index in [1.165, 1.54) is 14.5 Å². The van der Waals surface area contributed by atoms with Gasteiger partial charge in [-0.2, -0.15) is 0 Å². The monoisotopic (exact) mass is 610 g/mol. The molecule has 1 aliphatic heterocycles. The Hall–Kier alpha value is -2.41. The number of rotatable bonds is 8. The standard InChI is InChI=1S/C33H45BNO9/c1-17-20(44-29(40)26(42-7)24(35-34-16-36)19-11-9-8-10-12-19)14-33(41)18(2)27-31(5)15-43-22(31)13-21(37)32(27,6)28(39)25(38)23(17)30(33,3)4/h8-12,16,18,20-22,24-27,35,37-38,41H,13-15H2,1-7H3/t18-,20-,21-,22+,24-,25+,26+,27+,31+,32+,33+/m0/s1. The number of aliphatic hydroxyl groups is 3. The Morgan fingerprint density at radius 2 is 1.84 bits per heavy atom. The van der Waals surface area contributed by atoms with Crippen molar-refractivity contribution < 1.29 is 43.9 Å². The first kappa shape index (κ1) is 33.0. The molecule has 1 radical (unpaired) electrons. The van der Waals surface area contributed by atoms with Gasteiger partial charge >= 0.3 is 5.97 Å². The number of carbonyl (C=O) groups is 3. The number of hydrogen-bond acceptors (Lipinski definition) is 10. The molecule has 2 saturated carbocycles. The van der Waals surface area contributed by atoms with Crippen LogP contribution in [0.1, 0.15) is 66.0 Å². The second-order valence-electron chi connectivity index (χ2n) is 14.2. The van der Waals surface area contributed by atoms with Crippen molar-refractivity contribution in [1.29, 1.82) is 0 Å². The normalized spacial score (nSPS) is 40.7. The summed E-state index contributed by atoms with van der Waals surface area (Å²) < 4.78 is 17.6. The fraction of sp³-hybridized carbons (Fsp3) is 0.667. The number of carbonyl (C=O) groups excluding carboxylic acids is 3. The highest BCUT2D eigenvalue weighted by atomic mass is 16.6. The van der Waals surface area contributed by atoms with E-state index in [-0.39, 0.29) is 18.9 Å². The number of hydrogen-bond donors (Lipinski definition) is 4. The van der Waals surface area contributed by atoms with Gasteiger partial charge in [-0.3, -0.25) is 4.79 Å². The zero-order valence-electron chi connectivity index (χ0n) is 26.6. The van der Waals surface area contributed by atoms with Gasteiger partial charge in [0.15, 0.2) is 11.9 Å². The highest BCUT2D eigenvalue weighted by molar-refractivity contribution is 6.64. The molecule has 0 amide bonds. The van der Waals surface area contributed by atoms with Gasteiger partial charge in [-0.25, -0.2) is 4.79 Å². The zero-order chi connectivity index (χ0) is 32.4. The third-order valence-corrected chi connectivity index (χ3v) is 11.8. The maximum absolute atomic E-state index is 14.4. The first-order valence-corrected chi connectivity index (χ1v) is 15.4. The van der Waals surface area contributed by atoms with Crippen molar-refractivity contribution in [3.63, 3.8) is 0 Å². The van der Waals surface area contributed by atoms with E-state index >= 15 is 0 Å². The summed E-state index contributed by atoms with van der Waals surface area (Å²) in [5.74, 6) is -2.33. The average Bonchev–Trinajstić information content (AvgIpc) is 2.98. The van der Waals surface area contributed by atoms with Crippen molar-refractivity contribution in [1.82, 2.24) is 5.23 Å². The van der Waals surface area contributed by atoms with Crippen molar-refractivity contribution in [2.45, 2.75) is 96.5 Å². The molecule has 10 nitrogen and oxygen atoms in total. The van der Waals surface area contributed by atoms with Crippen LogP contribution < -0.4 is 5.23 Å². The number of ether oxygens (including phenoxy) is 3. The molecular weight excluding hydrogens is 565 g/mol. The van der Waals surface area contributed by atoms with Crippen LogP contribution in [0.3, 0.4) is 0 Å². The van der Waals surface area contributed by atoms with Crippen molar-refractivity contribution in [3.05, 3.63) is 47.0 Å². The van der Waals surface area contributed by atoms with Crippen molar-refractivity contribution in [2.75, 3.05) is 13.7 Å². The molecule has 3 fully saturated rings. The largest absolute Gasteiger partial charge is 0.456 e. The topological polar surface area (TPSA) is 152 Å². The van der Waals surface area contributed by atoms with Gasteiger partial charge in [0.2, 0.25) is 0 Å². The van der Waals surface area contributed by atoms with Gasteiger partial charge in [-0.05, 0) is 42.4 Å². The van der Waals surface area contributed by atoms with Crippen LogP contribution >= 0.6 is 0 Å². The molecule has 4 N–H and O–H groups in total. The number of esters is 1. The SMILES string of the molecule is CO[C@@H](C(=O)O[C@H]1C[C@@]2(O)[C@@H](C)[C@@H]3[C@]4(C)CO[C@@H]4C[C@H](O)[C@@]3(C)C(=O)[C@H](O)C(=C1C)C2(C)C)[C@@H](N[B]C=O)c1ccccc1. The van der Waals surface area contributed by atoms with Crippen LogP contribution in [-0.2, 0) is 28.6 Å². The molecule has 1 heterocycles. The summed E-state index contributed by atoms with van der Waals surface area (Å²) in [7, 11) is 2.56. The Kier molecular flexibility index (Phi) is 8.57. The summed E-state index contributed by atoms with van der Waals surface area (Å²) in [5.41, 5.74) is -3.02. The van der Waals surface area contributed by atoms with Gasteiger partial charge in [-0.1, -0.05) is 58.0 Å². The lowest BCUT2D eigenvalue weighted by Crippen LogP contribution is -2.75. The average molecular weight is 611 g/mol. The minimum atomic E-state index is -1.63. The molecule has 44 heavy (non-hydrogen) atoms. The zero-order valence-corrected chi connectivity index (χ0v) is 26.6. The molecule has 1 saturated heterocycles. The second kappa shape index (κ2) is 11.4. The van der Waals surface area contributed by atoms with Crippen LogP contribution in [-0.4, -0.2) is 90.5 Å². The molecule has 0 aromatic heterocycles. The summed E-state index contributed by atoms with van der Waals surface area (Å²) in [4.78, 5) is 39.4. The first-order chi connectivity index (χ1) is 20.6. The lowest BCUT2D eigenvalue weighted by molar-refractivity contribution is -0.302. The Balaban J connectivity index is 1.57. The second-order valence-corrected chi connectivity index (χ2v) is 14.2. The number of benzene rings is 1. The third-order valence-electron chi connectivity index (χ3n) is 11.8. The molecule has 239 valence electrons. The molecule has 1 aromatic rings. The molecule has 3 aliphatic carbocycles. The van der Waals surface area contributed by atoms with Gasteiger partial charge < -0.3 is 39.6 Å². The highest BCUT2D eigenvalue weighted by Crippen LogP contribution is 2.66. The maximum atomic E-state index is 14.4. The van der Waals surface area contributed by atoms with Crippen LogP contribution in [0.2, 0.25) is 0 Å². The molecular formula is C33H45BNO9. The van der Waals surface area contributed by atoms with E-state index in [1.807, 2.05) is 33.8 Å². The van der Waals surface area contributed by atoms with E-state index in [1.54, 1.807) is 38.1 Å². The predicted molar refractivity (Wildman–Crippen MR) is 162 cm³/mol. The van der Waals surface area contributed by atoms with E-state index in [0.29, 0.717) is 29.5 Å². The number of nitrogens with one attached hydrogen (secondary N) is 1. The fourth-order valence-corrected chi connectivity index (χ4v) is 9.31. The van der Waals surface area contributed by atoms with Crippen LogP contribution in [0.15, 0.2) is 41.5 Å². The molecule has 0 spiro atoms. The van der Waals surface area contributed by atoms with Gasteiger partial charge in [0.05, 0.1) is 42.1 Å². The summed E-state index contributed by atoms with van der Waals surface area (Å²) in [5, 5.41) is 39.0. The number of Topliss-reactive ketones (excluding diaryl/α,β-unsaturated/α-hetero) is 1. The molecule has 2 bridgehead atoms. The van der Waals surface area contributed by atoms with E-state index in [9.17, 15) is 29.7 Å². The van der Waals surface area contributed by atoms with E-state index in [4.69, 9.17) is 14.2 Å². The van der Waals surface area contributed by atoms with E-state index in [2.05, 4.69) is 5.23 Å². The van der Waals surface area contributed by atoms with Crippen LogP contribution in [0.5, 0.6) is 0 Å². The van der Waals surface area contributed by atoms with Crippen molar-refractivity contribution in [2.24, 2.45) is 28.1 Å². The molecule has 5 rings (SSSR count). The Labute approximate surface area is 259 Å². The van der Waals surface area contributed by atoms with E-state index < -0.39 is 75.9 Å². The Bertz CT molecular complexity index is 1340. The summed E-state index contributed by atoms with van der Waals surface area (Å²) in [6.07, 6.45) is -4.29. The maximum Gasteiger partial charge on any atom is 0.337 e. The molecule has 11 atom stereocenters. The quantitative estimate of drug-likeness (QED) is 0.149. The highest BCUT2D eigenvalue weighted by Gasteiger charge is 2.72. The lowest BCUT2D eigenvalue weighted by atomic mass is 9.40. The van der Waals surface area contributed by atoms with Gasteiger partial charge in [0, 0.05) is 30.8 Å². The minimum absolute atomic E-state index is 0.00770. The lowest BCUT2D eigenvalue weighted by Gasteiger charge is -2.68. The van der Waals surface area contributed by atoms with Gasteiger partial charge in [0.1, 0.15) is 12.2 Å². The van der Waals surface area contributed by atoms with Crippen LogP contribution in [0.4, 0.5) is 0 Å². The number of aliphatic hydroxyl groups excluding tert-OH is 2. The van der Waals surface area contributed by atoms with E-state index in [0.717, 1.165) is 0 Å². The Morgan fingerprint density at radius 3 is 2.41 bits per heavy atom. The van der Waals surface area contributed by atoms with Crippen molar-refractivity contribution >= 4 is 25.4 Å². The van der Waals surface area contributed by atoms with Crippen LogP contribution in [0, 0.1) is 28.1 Å². The fourth-order valence-electron chi connectivity index (χ4n) is 9.31. The Morgan fingerprint density at radius 1 is 1.18 bits per heavy atom. The molecule has 4 aliphatic rings. The molecule has 0 unspecified atom stereocenters. The summed E-state index contributed by atoms with van der Waals surface area (Å²) in [6.45, 7) is 11.4. The predicted octanol–water partition coefficient (Wildman–Crippen LogP) is 1.90. The first-order valence-electron chi connectivity index (χ1n) is 15.4. The molecule has 11 heteroatoms. The third kappa shape index (κ3) is 4.57. The summed E-state index contributed by atoms with van der Waals surface area (Å²) in [6, 6.07) is 8.27.